The van der Waals surface area contributed by atoms with Crippen LogP contribution in [0.15, 0.2) is 48.5 Å². The van der Waals surface area contributed by atoms with Crippen molar-refractivity contribution >= 4 is 0 Å². The Morgan fingerprint density at radius 1 is 1.00 bits per heavy atom. The zero-order valence-electron chi connectivity index (χ0n) is 18.7. The minimum Gasteiger partial charge on any atom is -0.496 e. The third kappa shape index (κ3) is 4.42. The van der Waals surface area contributed by atoms with Crippen molar-refractivity contribution in [2.75, 3.05) is 20.7 Å². The molecule has 0 saturated heterocycles. The van der Waals surface area contributed by atoms with Crippen molar-refractivity contribution in [2.24, 2.45) is 0 Å². The monoisotopic (exact) mass is 384 g/mol. The Kier molecular flexibility index (Phi) is 7.30. The van der Waals surface area contributed by atoms with Gasteiger partial charge in [0.15, 0.2) is 0 Å². The summed E-state index contributed by atoms with van der Waals surface area (Å²) < 4.78 is 6.77. The maximum absolute atomic E-state index is 9.72. The van der Waals surface area contributed by atoms with Crippen LogP contribution < -0.4 is 4.74 Å². The van der Waals surface area contributed by atoms with E-state index in [1.165, 1.54) is 5.56 Å². The number of aliphatic hydroxyl groups excluding tert-OH is 1. The van der Waals surface area contributed by atoms with Gasteiger partial charge in [0, 0.05) is 17.4 Å². The molecule has 3 nitrogen and oxygen atoms in total. The predicted octanol–water partition coefficient (Wildman–Crippen LogP) is 5.15. The number of hydrogen-bond acceptors (Lipinski definition) is 2. The van der Waals surface area contributed by atoms with Gasteiger partial charge in [0.05, 0.1) is 39.4 Å². The molecule has 0 saturated carbocycles. The van der Waals surface area contributed by atoms with Gasteiger partial charge < -0.3 is 14.3 Å². The van der Waals surface area contributed by atoms with Crippen molar-refractivity contribution in [3.8, 4) is 5.75 Å². The zero-order valence-corrected chi connectivity index (χ0v) is 18.7. The van der Waals surface area contributed by atoms with E-state index < -0.39 is 0 Å². The molecule has 0 bridgehead atoms. The summed E-state index contributed by atoms with van der Waals surface area (Å²) in [5.41, 5.74) is 3.14. The van der Waals surface area contributed by atoms with Crippen LogP contribution in [0, 0.1) is 0 Å². The summed E-state index contributed by atoms with van der Waals surface area (Å²) >= 11 is 0. The van der Waals surface area contributed by atoms with Gasteiger partial charge in [0.2, 0.25) is 0 Å². The molecule has 28 heavy (non-hydrogen) atoms. The van der Waals surface area contributed by atoms with E-state index in [1.54, 1.807) is 7.11 Å². The fourth-order valence-electron chi connectivity index (χ4n) is 4.10. The standard InChI is InChI=1S/C25H38NO2/c1-19(2)26(6,20(3)4)16-15-25(5,22-11-9-8-10-12-22)23-17-21(18-27)13-14-24(23)28-7/h8-14,17,19-20,27H,15-16,18H2,1-7H3/q+1. The van der Waals surface area contributed by atoms with Crippen LogP contribution >= 0.6 is 0 Å². The first kappa shape index (κ1) is 22.4. The highest BCUT2D eigenvalue weighted by Crippen LogP contribution is 2.41. The van der Waals surface area contributed by atoms with Crippen LogP contribution in [0.4, 0.5) is 0 Å². The van der Waals surface area contributed by atoms with Crippen LogP contribution in [0.3, 0.4) is 0 Å². The van der Waals surface area contributed by atoms with Crippen molar-refractivity contribution in [1.29, 1.82) is 0 Å². The summed E-state index contributed by atoms with van der Waals surface area (Å²) in [4.78, 5) is 0. The molecule has 0 aliphatic carbocycles. The van der Waals surface area contributed by atoms with Gasteiger partial charge in [-0.3, -0.25) is 0 Å². The lowest BCUT2D eigenvalue weighted by molar-refractivity contribution is -0.949. The fraction of sp³-hybridized carbons (Fsp3) is 0.520. The molecule has 0 aliphatic rings. The van der Waals surface area contributed by atoms with E-state index in [0.29, 0.717) is 12.1 Å². The van der Waals surface area contributed by atoms with E-state index in [0.717, 1.165) is 34.3 Å². The molecule has 0 amide bonds. The summed E-state index contributed by atoms with van der Waals surface area (Å²) in [6.45, 7) is 12.7. The van der Waals surface area contributed by atoms with Gasteiger partial charge in [-0.2, -0.15) is 0 Å². The second-order valence-electron chi connectivity index (χ2n) is 8.90. The molecule has 0 aliphatic heterocycles. The van der Waals surface area contributed by atoms with Crippen molar-refractivity contribution in [3.05, 3.63) is 65.2 Å². The van der Waals surface area contributed by atoms with Crippen LogP contribution in [-0.2, 0) is 12.0 Å². The predicted molar refractivity (Wildman–Crippen MR) is 118 cm³/mol. The van der Waals surface area contributed by atoms with Gasteiger partial charge in [-0.15, -0.1) is 0 Å². The molecule has 1 N–H and O–H groups in total. The lowest BCUT2D eigenvalue weighted by Gasteiger charge is -2.45. The maximum atomic E-state index is 9.72. The number of ether oxygens (including phenoxy) is 1. The van der Waals surface area contributed by atoms with E-state index in [-0.39, 0.29) is 12.0 Å². The molecule has 0 radical (unpaired) electrons. The molecule has 1 unspecified atom stereocenters. The molecule has 1 atom stereocenters. The minimum absolute atomic E-state index is 0.0353. The molecule has 2 aromatic carbocycles. The Morgan fingerprint density at radius 3 is 2.11 bits per heavy atom. The Bertz CT molecular complexity index is 746. The third-order valence-electron chi connectivity index (χ3n) is 6.90. The second-order valence-corrected chi connectivity index (χ2v) is 8.90. The molecule has 0 spiro atoms. The minimum atomic E-state index is -0.207. The summed E-state index contributed by atoms with van der Waals surface area (Å²) in [5.74, 6) is 0.881. The molecular weight excluding hydrogens is 346 g/mol. The van der Waals surface area contributed by atoms with E-state index in [1.807, 2.05) is 12.1 Å². The normalized spacial score (nSPS) is 14.4. The average Bonchev–Trinajstić information content (AvgIpc) is 2.71. The van der Waals surface area contributed by atoms with Gasteiger partial charge in [-0.05, 0) is 51.0 Å². The van der Waals surface area contributed by atoms with Crippen molar-refractivity contribution in [1.82, 2.24) is 0 Å². The van der Waals surface area contributed by atoms with Crippen LogP contribution in [-0.4, -0.2) is 42.4 Å². The second kappa shape index (κ2) is 9.11. The number of benzene rings is 2. The van der Waals surface area contributed by atoms with Gasteiger partial charge in [-0.25, -0.2) is 0 Å². The molecule has 2 aromatic rings. The molecule has 0 fully saturated rings. The Labute approximate surface area is 171 Å². The lowest BCUT2D eigenvalue weighted by atomic mass is 9.72. The molecule has 3 heteroatoms. The first-order valence-electron chi connectivity index (χ1n) is 10.4. The quantitative estimate of drug-likeness (QED) is 0.606. The number of quaternary nitrogens is 1. The Hall–Kier alpha value is -1.84. The fourth-order valence-corrected chi connectivity index (χ4v) is 4.10. The summed E-state index contributed by atoms with van der Waals surface area (Å²) in [6, 6.07) is 17.8. The highest BCUT2D eigenvalue weighted by atomic mass is 16.5. The van der Waals surface area contributed by atoms with E-state index in [9.17, 15) is 5.11 Å². The summed E-state index contributed by atoms with van der Waals surface area (Å²) in [6.07, 6.45) is 0.995. The highest BCUT2D eigenvalue weighted by molar-refractivity contribution is 5.48. The Balaban J connectivity index is 2.57. The molecule has 154 valence electrons. The zero-order chi connectivity index (χ0) is 20.9. The lowest BCUT2D eigenvalue weighted by Crippen LogP contribution is -2.56. The van der Waals surface area contributed by atoms with Crippen LogP contribution in [0.5, 0.6) is 5.75 Å². The van der Waals surface area contributed by atoms with Crippen LogP contribution in [0.2, 0.25) is 0 Å². The van der Waals surface area contributed by atoms with Crippen molar-refractivity contribution in [3.63, 3.8) is 0 Å². The molecule has 0 heterocycles. The van der Waals surface area contributed by atoms with Crippen molar-refractivity contribution in [2.45, 2.75) is 65.1 Å². The average molecular weight is 385 g/mol. The van der Waals surface area contributed by atoms with E-state index in [4.69, 9.17) is 4.74 Å². The van der Waals surface area contributed by atoms with E-state index >= 15 is 0 Å². The van der Waals surface area contributed by atoms with Gasteiger partial charge in [-0.1, -0.05) is 43.3 Å². The number of aliphatic hydroxyl groups is 1. The van der Waals surface area contributed by atoms with Crippen LogP contribution in [0.1, 0.15) is 57.7 Å². The largest absolute Gasteiger partial charge is 0.496 e. The SMILES string of the molecule is COc1ccc(CO)cc1C(C)(CC[N+](C)(C(C)C)C(C)C)c1ccccc1. The molecule has 0 aromatic heterocycles. The number of nitrogens with zero attached hydrogens (tertiary/aromatic N) is 1. The van der Waals surface area contributed by atoms with E-state index in [2.05, 4.69) is 78.1 Å². The van der Waals surface area contributed by atoms with Gasteiger partial charge >= 0.3 is 0 Å². The third-order valence-corrected chi connectivity index (χ3v) is 6.90. The molecule has 2 rings (SSSR count). The smallest absolute Gasteiger partial charge is 0.122 e. The summed E-state index contributed by atoms with van der Waals surface area (Å²) in [7, 11) is 4.09. The first-order chi connectivity index (χ1) is 13.2. The van der Waals surface area contributed by atoms with Crippen molar-refractivity contribution < 1.29 is 14.3 Å². The first-order valence-corrected chi connectivity index (χ1v) is 10.4. The van der Waals surface area contributed by atoms with Crippen LogP contribution in [0.25, 0.3) is 0 Å². The topological polar surface area (TPSA) is 29.5 Å². The Morgan fingerprint density at radius 2 is 1.61 bits per heavy atom. The summed E-state index contributed by atoms with van der Waals surface area (Å²) in [5, 5.41) is 9.72. The van der Waals surface area contributed by atoms with Gasteiger partial charge in [0.25, 0.3) is 0 Å². The van der Waals surface area contributed by atoms with Gasteiger partial charge in [0.1, 0.15) is 5.75 Å². The number of hydrogen-bond donors (Lipinski definition) is 1. The number of rotatable bonds is 9. The maximum Gasteiger partial charge on any atom is 0.122 e. The number of methoxy groups -OCH3 is 1. The highest BCUT2D eigenvalue weighted by Gasteiger charge is 2.37. The molecular formula is C25H38NO2+.